The van der Waals surface area contributed by atoms with Crippen molar-refractivity contribution in [3.8, 4) is 5.75 Å². The summed E-state index contributed by atoms with van der Waals surface area (Å²) in [4.78, 5) is 12.0. The number of nitrogens with one attached hydrogen (secondary N) is 3. The zero-order chi connectivity index (χ0) is 15.3. The van der Waals surface area contributed by atoms with Crippen LogP contribution in [0.25, 0.3) is 0 Å². The largest absolute Gasteiger partial charge is 0.496 e. The first kappa shape index (κ1) is 16.5. The van der Waals surface area contributed by atoms with Crippen LogP contribution in [0.15, 0.2) is 18.2 Å². The predicted octanol–water partition coefficient (Wildman–Crippen LogP) is 2.26. The highest BCUT2D eigenvalue weighted by molar-refractivity contribution is 7.80. The van der Waals surface area contributed by atoms with Crippen LogP contribution in [0.5, 0.6) is 5.75 Å². The summed E-state index contributed by atoms with van der Waals surface area (Å²) in [6.45, 7) is 5.88. The van der Waals surface area contributed by atoms with E-state index in [1.807, 2.05) is 20.8 Å². The molecule has 20 heavy (non-hydrogen) atoms. The highest BCUT2D eigenvalue weighted by Crippen LogP contribution is 2.22. The molecule has 0 saturated heterocycles. The van der Waals surface area contributed by atoms with Crippen LogP contribution in [0, 0.1) is 0 Å². The minimum Gasteiger partial charge on any atom is -0.496 e. The van der Waals surface area contributed by atoms with Crippen LogP contribution < -0.4 is 20.9 Å². The molecule has 3 N–H and O–H groups in total. The van der Waals surface area contributed by atoms with Crippen LogP contribution >= 0.6 is 23.8 Å². The van der Waals surface area contributed by atoms with Crippen molar-refractivity contribution < 1.29 is 9.53 Å². The molecule has 0 fully saturated rings. The minimum atomic E-state index is -0.387. The van der Waals surface area contributed by atoms with Crippen molar-refractivity contribution in [2.75, 3.05) is 7.11 Å². The van der Waals surface area contributed by atoms with Crippen LogP contribution in [-0.2, 0) is 0 Å². The lowest BCUT2D eigenvalue weighted by atomic mass is 10.1. The van der Waals surface area contributed by atoms with Crippen LogP contribution in [0.3, 0.4) is 0 Å². The van der Waals surface area contributed by atoms with E-state index in [1.54, 1.807) is 12.1 Å². The average Bonchev–Trinajstić information content (AvgIpc) is 2.33. The van der Waals surface area contributed by atoms with Crippen molar-refractivity contribution in [2.24, 2.45) is 0 Å². The molecule has 0 heterocycles. The highest BCUT2D eigenvalue weighted by atomic mass is 35.5. The molecule has 0 spiro atoms. The fraction of sp³-hybridized carbons (Fsp3) is 0.385. The Bertz CT molecular complexity index is 515. The van der Waals surface area contributed by atoms with Gasteiger partial charge < -0.3 is 10.1 Å². The Morgan fingerprint density at radius 3 is 2.50 bits per heavy atom. The summed E-state index contributed by atoms with van der Waals surface area (Å²) >= 11 is 10.9. The molecule has 0 aliphatic rings. The topological polar surface area (TPSA) is 62.4 Å². The number of methoxy groups -OCH3 is 1. The van der Waals surface area contributed by atoms with Gasteiger partial charge in [-0.3, -0.25) is 15.6 Å². The number of rotatable bonds is 2. The number of hydrogen-bond acceptors (Lipinski definition) is 3. The molecule has 0 aliphatic carbocycles. The standard InChI is InChI=1S/C13H18ClN3O2S/c1-13(2,3)15-12(20)17-16-11(18)9-7-8(14)5-6-10(9)19-4/h5-7H,1-4H3,(H,16,18)(H2,15,17,20). The molecule has 1 aromatic rings. The van der Waals surface area contributed by atoms with E-state index < -0.39 is 0 Å². The zero-order valence-corrected chi connectivity index (χ0v) is 13.4. The third kappa shape index (κ3) is 5.22. The Labute approximate surface area is 129 Å². The maximum absolute atomic E-state index is 12.0. The Hall–Kier alpha value is -1.53. The Morgan fingerprint density at radius 2 is 1.95 bits per heavy atom. The molecule has 7 heteroatoms. The van der Waals surface area contributed by atoms with Crippen molar-refractivity contribution in [1.82, 2.24) is 16.2 Å². The van der Waals surface area contributed by atoms with Gasteiger partial charge in [-0.1, -0.05) is 11.6 Å². The fourth-order valence-corrected chi connectivity index (χ4v) is 1.94. The molecule has 0 aromatic heterocycles. The molecule has 0 unspecified atom stereocenters. The van der Waals surface area contributed by atoms with Crippen LogP contribution in [0.2, 0.25) is 5.02 Å². The summed E-state index contributed by atoms with van der Waals surface area (Å²) in [7, 11) is 1.49. The van der Waals surface area contributed by atoms with E-state index in [2.05, 4.69) is 16.2 Å². The minimum absolute atomic E-state index is 0.192. The summed E-state index contributed by atoms with van der Waals surface area (Å²) in [6.07, 6.45) is 0. The van der Waals surface area contributed by atoms with Gasteiger partial charge in [-0.25, -0.2) is 0 Å². The molecule has 5 nitrogen and oxygen atoms in total. The molecule has 0 aliphatic heterocycles. The van der Waals surface area contributed by atoms with E-state index >= 15 is 0 Å². The van der Waals surface area contributed by atoms with Gasteiger partial charge in [0.15, 0.2) is 5.11 Å². The number of amides is 1. The normalized spacial score (nSPS) is 10.7. The number of hydrogen-bond donors (Lipinski definition) is 3. The first-order chi connectivity index (χ1) is 9.23. The van der Waals surface area contributed by atoms with Crippen molar-refractivity contribution in [3.05, 3.63) is 28.8 Å². The molecule has 0 saturated carbocycles. The first-order valence-corrected chi connectivity index (χ1v) is 6.73. The summed E-state index contributed by atoms with van der Waals surface area (Å²) in [6, 6.07) is 4.80. The van der Waals surface area contributed by atoms with Crippen LogP contribution in [0.4, 0.5) is 0 Å². The maximum Gasteiger partial charge on any atom is 0.273 e. The van der Waals surface area contributed by atoms with Crippen molar-refractivity contribution >= 4 is 34.8 Å². The number of ether oxygens (including phenoxy) is 1. The van der Waals surface area contributed by atoms with Gasteiger partial charge in [-0.15, -0.1) is 0 Å². The maximum atomic E-state index is 12.0. The van der Waals surface area contributed by atoms with Gasteiger partial charge in [-0.05, 0) is 51.2 Å². The van der Waals surface area contributed by atoms with Crippen molar-refractivity contribution in [3.63, 3.8) is 0 Å². The Kier molecular flexibility index (Phi) is 5.59. The monoisotopic (exact) mass is 315 g/mol. The van der Waals surface area contributed by atoms with Gasteiger partial charge in [0.2, 0.25) is 0 Å². The number of halogens is 1. The second-order valence-corrected chi connectivity index (χ2v) is 5.97. The second-order valence-electron chi connectivity index (χ2n) is 5.13. The number of benzene rings is 1. The van der Waals surface area contributed by atoms with Crippen LogP contribution in [0.1, 0.15) is 31.1 Å². The lowest BCUT2D eigenvalue weighted by Crippen LogP contribution is -2.52. The molecule has 0 radical (unpaired) electrons. The predicted molar refractivity (Wildman–Crippen MR) is 84.1 cm³/mol. The second kappa shape index (κ2) is 6.76. The van der Waals surface area contributed by atoms with Gasteiger partial charge in [0.1, 0.15) is 5.75 Å². The van der Waals surface area contributed by atoms with Crippen molar-refractivity contribution in [1.29, 1.82) is 0 Å². The van der Waals surface area contributed by atoms with Gasteiger partial charge in [0.05, 0.1) is 12.7 Å². The lowest BCUT2D eigenvalue weighted by Gasteiger charge is -2.23. The van der Waals surface area contributed by atoms with E-state index in [-0.39, 0.29) is 11.4 Å². The molecule has 1 rings (SSSR count). The van der Waals surface area contributed by atoms with Crippen LogP contribution in [-0.4, -0.2) is 23.7 Å². The molecule has 0 atom stereocenters. The molecule has 1 amide bonds. The van der Waals surface area contributed by atoms with E-state index in [1.165, 1.54) is 13.2 Å². The first-order valence-electron chi connectivity index (χ1n) is 5.95. The number of carbonyl (C=O) groups excluding carboxylic acids is 1. The smallest absolute Gasteiger partial charge is 0.273 e. The summed E-state index contributed by atoms with van der Waals surface area (Å²) in [5, 5.41) is 3.79. The van der Waals surface area contributed by atoms with E-state index in [9.17, 15) is 4.79 Å². The van der Waals surface area contributed by atoms with E-state index in [0.29, 0.717) is 21.4 Å². The summed E-state index contributed by atoms with van der Waals surface area (Å²) < 4.78 is 5.11. The zero-order valence-electron chi connectivity index (χ0n) is 11.8. The van der Waals surface area contributed by atoms with Crippen molar-refractivity contribution in [2.45, 2.75) is 26.3 Å². The highest BCUT2D eigenvalue weighted by Gasteiger charge is 2.14. The third-order valence-corrected chi connectivity index (χ3v) is 2.62. The molecule has 0 bridgehead atoms. The van der Waals surface area contributed by atoms with Gasteiger partial charge >= 0.3 is 0 Å². The molecular weight excluding hydrogens is 298 g/mol. The average molecular weight is 316 g/mol. The Morgan fingerprint density at radius 1 is 1.30 bits per heavy atom. The quantitative estimate of drug-likeness (QED) is 0.577. The van der Waals surface area contributed by atoms with Gasteiger partial charge in [0.25, 0.3) is 5.91 Å². The number of thiocarbonyl (C=S) groups is 1. The lowest BCUT2D eigenvalue weighted by molar-refractivity contribution is 0.0940. The molecule has 110 valence electrons. The number of hydrazine groups is 1. The SMILES string of the molecule is COc1ccc(Cl)cc1C(=O)NNC(=S)NC(C)(C)C. The third-order valence-electron chi connectivity index (χ3n) is 2.18. The fourth-order valence-electron chi connectivity index (χ4n) is 1.41. The summed E-state index contributed by atoms with van der Waals surface area (Å²) in [5.74, 6) is 0.0470. The van der Waals surface area contributed by atoms with E-state index in [4.69, 9.17) is 28.6 Å². The molecular formula is C13H18ClN3O2S. The Balaban J connectivity index is 2.68. The number of carbonyl (C=O) groups is 1. The molecule has 1 aromatic carbocycles. The summed E-state index contributed by atoms with van der Waals surface area (Å²) in [5.41, 5.74) is 5.26. The van der Waals surface area contributed by atoms with Gasteiger partial charge in [0, 0.05) is 10.6 Å². The van der Waals surface area contributed by atoms with Gasteiger partial charge in [-0.2, -0.15) is 0 Å². The van der Waals surface area contributed by atoms with E-state index in [0.717, 1.165) is 0 Å².